The van der Waals surface area contributed by atoms with E-state index in [1.807, 2.05) is 13.1 Å². The van der Waals surface area contributed by atoms with Gasteiger partial charge in [-0.15, -0.1) is 0 Å². The van der Waals surface area contributed by atoms with E-state index >= 15 is 0 Å². The molecule has 3 aromatic rings. The lowest BCUT2D eigenvalue weighted by Crippen LogP contribution is -2.34. The van der Waals surface area contributed by atoms with Crippen molar-refractivity contribution in [1.29, 1.82) is 0 Å². The summed E-state index contributed by atoms with van der Waals surface area (Å²) in [6.45, 7) is 4.80. The number of aromatic nitrogens is 4. The number of oxazole rings is 1. The maximum atomic E-state index is 12.5. The zero-order valence-electron chi connectivity index (χ0n) is 18.1. The molecule has 1 fully saturated rings. The summed E-state index contributed by atoms with van der Waals surface area (Å²) in [6, 6.07) is 2.21. The molecule has 0 saturated carbocycles. The van der Waals surface area contributed by atoms with Crippen LogP contribution >= 0.6 is 0 Å². The fraction of sp³-hybridized carbons (Fsp3) is 0.409. The van der Waals surface area contributed by atoms with Gasteiger partial charge < -0.3 is 24.3 Å². The number of hydrogen-bond acceptors (Lipinski definition) is 9. The molecule has 1 amide bonds. The van der Waals surface area contributed by atoms with Gasteiger partial charge in [-0.05, 0) is 19.4 Å². The summed E-state index contributed by atoms with van der Waals surface area (Å²) in [4.78, 5) is 33.9. The van der Waals surface area contributed by atoms with Crippen LogP contribution in [0.4, 0.5) is 11.5 Å². The van der Waals surface area contributed by atoms with Crippen molar-refractivity contribution in [2.24, 2.45) is 0 Å². The predicted octanol–water partition coefficient (Wildman–Crippen LogP) is 2.07. The number of rotatable bonds is 5. The van der Waals surface area contributed by atoms with Crippen LogP contribution in [-0.2, 0) is 13.0 Å². The summed E-state index contributed by atoms with van der Waals surface area (Å²) in [5.41, 5.74) is 4.20. The molecule has 1 atom stereocenters. The molecular weight excluding hydrogens is 410 g/mol. The smallest absolute Gasteiger partial charge is 0.291 e. The third-order valence-corrected chi connectivity index (χ3v) is 6.04. The first kappa shape index (κ1) is 20.2. The first-order valence-corrected chi connectivity index (χ1v) is 10.6. The molecule has 32 heavy (non-hydrogen) atoms. The molecule has 0 aromatic carbocycles. The van der Waals surface area contributed by atoms with Gasteiger partial charge in [0, 0.05) is 49.8 Å². The van der Waals surface area contributed by atoms with Gasteiger partial charge in [-0.2, -0.15) is 0 Å². The van der Waals surface area contributed by atoms with Crippen LogP contribution in [0.15, 0.2) is 35.6 Å². The number of nitrogens with one attached hydrogen (secondary N) is 1. The van der Waals surface area contributed by atoms with Gasteiger partial charge in [-0.25, -0.2) is 19.9 Å². The van der Waals surface area contributed by atoms with E-state index in [1.54, 1.807) is 18.3 Å². The van der Waals surface area contributed by atoms with Crippen molar-refractivity contribution in [1.82, 2.24) is 24.8 Å². The maximum absolute atomic E-state index is 12.5. The third-order valence-electron chi connectivity index (χ3n) is 6.04. The SMILES string of the molecule is COc1ncc(N2CCc3ncnc(N[C@H]4CCN(C(=O)c5cnco5)C4)c3C2)cc1C. The van der Waals surface area contributed by atoms with Crippen molar-refractivity contribution < 1.29 is 13.9 Å². The largest absolute Gasteiger partial charge is 0.481 e. The lowest BCUT2D eigenvalue weighted by Gasteiger charge is -2.31. The minimum absolute atomic E-state index is 0.112. The topological polar surface area (TPSA) is 110 Å². The fourth-order valence-corrected chi connectivity index (χ4v) is 4.35. The van der Waals surface area contributed by atoms with Crippen LogP contribution in [0.3, 0.4) is 0 Å². The first-order valence-electron chi connectivity index (χ1n) is 10.6. The Morgan fingerprint density at radius 1 is 1.25 bits per heavy atom. The molecule has 1 saturated heterocycles. The zero-order valence-corrected chi connectivity index (χ0v) is 18.1. The third kappa shape index (κ3) is 3.83. The van der Waals surface area contributed by atoms with E-state index in [-0.39, 0.29) is 17.7 Å². The zero-order chi connectivity index (χ0) is 22.1. The van der Waals surface area contributed by atoms with Crippen LogP contribution < -0.4 is 15.0 Å². The van der Waals surface area contributed by atoms with Gasteiger partial charge in [-0.3, -0.25) is 4.79 Å². The van der Waals surface area contributed by atoms with E-state index in [1.165, 1.54) is 12.6 Å². The first-order chi connectivity index (χ1) is 15.6. The summed E-state index contributed by atoms with van der Waals surface area (Å²) < 4.78 is 10.4. The molecule has 0 bridgehead atoms. The minimum atomic E-state index is -0.134. The van der Waals surface area contributed by atoms with Gasteiger partial charge in [0.1, 0.15) is 12.1 Å². The average Bonchev–Trinajstić information content (AvgIpc) is 3.51. The molecule has 3 aromatic heterocycles. The second kappa shape index (κ2) is 8.45. The van der Waals surface area contributed by atoms with Crippen LogP contribution in [0, 0.1) is 6.92 Å². The Morgan fingerprint density at radius 3 is 2.94 bits per heavy atom. The number of nitrogens with zero attached hydrogens (tertiary/aromatic N) is 6. The molecule has 166 valence electrons. The maximum Gasteiger partial charge on any atom is 0.291 e. The molecule has 0 spiro atoms. The highest BCUT2D eigenvalue weighted by Gasteiger charge is 2.30. The van der Waals surface area contributed by atoms with Crippen molar-refractivity contribution >= 4 is 17.4 Å². The lowest BCUT2D eigenvalue weighted by molar-refractivity contribution is 0.0760. The Morgan fingerprint density at radius 2 is 2.16 bits per heavy atom. The highest BCUT2D eigenvalue weighted by molar-refractivity contribution is 5.91. The summed E-state index contributed by atoms with van der Waals surface area (Å²) in [7, 11) is 1.63. The number of amides is 1. The number of fused-ring (bicyclic) bond motifs is 1. The number of carbonyl (C=O) groups excluding carboxylic acids is 1. The Labute approximate surface area is 185 Å². The van der Waals surface area contributed by atoms with Gasteiger partial charge in [0.05, 0.1) is 30.9 Å². The number of methoxy groups -OCH3 is 1. The van der Waals surface area contributed by atoms with E-state index in [0.29, 0.717) is 25.5 Å². The Bertz CT molecular complexity index is 1120. The van der Waals surface area contributed by atoms with Crippen LogP contribution in [0.5, 0.6) is 5.88 Å². The molecule has 5 heterocycles. The number of carbonyl (C=O) groups is 1. The highest BCUT2D eigenvalue weighted by Crippen LogP contribution is 2.29. The lowest BCUT2D eigenvalue weighted by atomic mass is 10.0. The van der Waals surface area contributed by atoms with Gasteiger partial charge in [0.25, 0.3) is 5.91 Å². The molecule has 0 aliphatic carbocycles. The van der Waals surface area contributed by atoms with Crippen LogP contribution in [0.2, 0.25) is 0 Å². The van der Waals surface area contributed by atoms with E-state index in [9.17, 15) is 4.79 Å². The normalized spacial score (nSPS) is 17.9. The van der Waals surface area contributed by atoms with Gasteiger partial charge >= 0.3 is 0 Å². The van der Waals surface area contributed by atoms with Crippen LogP contribution in [-0.4, -0.2) is 63.5 Å². The molecular formula is C22H25N7O3. The molecule has 10 heteroatoms. The summed E-state index contributed by atoms with van der Waals surface area (Å²) in [5.74, 6) is 1.61. The second-order valence-electron chi connectivity index (χ2n) is 8.09. The van der Waals surface area contributed by atoms with Crippen molar-refractivity contribution in [3.05, 3.63) is 53.8 Å². The Kier molecular flexibility index (Phi) is 5.34. The molecule has 2 aliphatic heterocycles. The number of likely N-dealkylation sites (tertiary alicyclic amines) is 1. The van der Waals surface area contributed by atoms with Crippen molar-refractivity contribution in [3.8, 4) is 5.88 Å². The highest BCUT2D eigenvalue weighted by atomic mass is 16.5. The summed E-state index contributed by atoms with van der Waals surface area (Å²) >= 11 is 0. The molecule has 0 unspecified atom stereocenters. The standard InChI is InChI=1S/C22H25N7O3/c1-14-7-16(8-24-21(14)31-2)28-6-4-18-17(11-28)20(26-12-25-18)27-15-3-5-29(10-15)22(30)19-9-23-13-32-19/h7-9,12-13,15H,3-6,10-11H2,1-2H3,(H,25,26,27)/t15-/m0/s1. The number of anilines is 2. The van der Waals surface area contributed by atoms with Crippen molar-refractivity contribution in [2.45, 2.75) is 32.4 Å². The monoisotopic (exact) mass is 435 g/mol. The predicted molar refractivity (Wildman–Crippen MR) is 117 cm³/mol. The van der Waals surface area contributed by atoms with E-state index in [4.69, 9.17) is 9.15 Å². The van der Waals surface area contributed by atoms with Gasteiger partial charge in [0.2, 0.25) is 11.6 Å². The fourth-order valence-electron chi connectivity index (χ4n) is 4.35. The molecule has 10 nitrogen and oxygen atoms in total. The summed E-state index contributed by atoms with van der Waals surface area (Å²) in [5, 5.41) is 3.55. The number of ether oxygens (including phenoxy) is 1. The van der Waals surface area contributed by atoms with Crippen LogP contribution in [0.25, 0.3) is 0 Å². The Balaban J connectivity index is 1.30. The molecule has 0 radical (unpaired) electrons. The van der Waals surface area contributed by atoms with E-state index < -0.39 is 0 Å². The van der Waals surface area contributed by atoms with Crippen molar-refractivity contribution in [2.75, 3.05) is 37.0 Å². The quantitative estimate of drug-likeness (QED) is 0.644. The molecule has 5 rings (SSSR count). The minimum Gasteiger partial charge on any atom is -0.481 e. The molecule has 2 aliphatic rings. The van der Waals surface area contributed by atoms with E-state index in [2.05, 4.69) is 36.2 Å². The number of pyridine rings is 1. The Hall–Kier alpha value is -3.69. The number of hydrogen-bond donors (Lipinski definition) is 1. The molecule has 1 N–H and O–H groups in total. The van der Waals surface area contributed by atoms with E-state index in [0.717, 1.165) is 47.7 Å². The summed E-state index contributed by atoms with van der Waals surface area (Å²) in [6.07, 6.45) is 7.86. The second-order valence-corrected chi connectivity index (χ2v) is 8.09. The van der Waals surface area contributed by atoms with Crippen molar-refractivity contribution in [3.63, 3.8) is 0 Å². The van der Waals surface area contributed by atoms with Gasteiger partial charge in [-0.1, -0.05) is 0 Å². The average molecular weight is 435 g/mol. The van der Waals surface area contributed by atoms with Gasteiger partial charge in [0.15, 0.2) is 6.39 Å². The number of aryl methyl sites for hydroxylation is 1. The van der Waals surface area contributed by atoms with Crippen LogP contribution in [0.1, 0.15) is 33.8 Å².